The Kier molecular flexibility index (Phi) is 6.66. The molecule has 2 heterocycles. The minimum absolute atomic E-state index is 0.237. The van der Waals surface area contributed by atoms with Crippen LogP contribution in [0.15, 0.2) is 71.5 Å². The summed E-state index contributed by atoms with van der Waals surface area (Å²) in [5.41, 5.74) is 5.37. The lowest BCUT2D eigenvalue weighted by molar-refractivity contribution is 0.0290. The van der Waals surface area contributed by atoms with Crippen LogP contribution in [0.3, 0.4) is 0 Å². The predicted octanol–water partition coefficient (Wildman–Crippen LogP) is 4.22. The fourth-order valence-electron chi connectivity index (χ4n) is 4.54. The molecule has 1 aliphatic rings. The SMILES string of the molecule is C[C@@H]1CN(Cc2ccc(C(=O)CO)cc2)C[C@H](C)N1Cc1cccc(-c2ccoc2)c1. The normalized spacial score (nSPS) is 20.1. The summed E-state index contributed by atoms with van der Waals surface area (Å²) in [6.07, 6.45) is 3.50. The number of furan rings is 1. The molecule has 4 rings (SSSR count). The molecule has 1 aliphatic heterocycles. The smallest absolute Gasteiger partial charge is 0.188 e. The highest BCUT2D eigenvalue weighted by molar-refractivity contribution is 5.96. The van der Waals surface area contributed by atoms with Crippen molar-refractivity contribution in [2.75, 3.05) is 19.7 Å². The van der Waals surface area contributed by atoms with E-state index in [-0.39, 0.29) is 5.78 Å². The van der Waals surface area contributed by atoms with Crippen LogP contribution in [0.1, 0.15) is 35.3 Å². The monoisotopic (exact) mass is 418 g/mol. The van der Waals surface area contributed by atoms with E-state index < -0.39 is 6.61 Å². The molecule has 0 amide bonds. The molecule has 1 aromatic heterocycles. The highest BCUT2D eigenvalue weighted by Gasteiger charge is 2.29. The Morgan fingerprint density at radius 1 is 0.968 bits per heavy atom. The zero-order chi connectivity index (χ0) is 21.8. The van der Waals surface area contributed by atoms with Crippen molar-refractivity contribution >= 4 is 5.78 Å². The number of benzene rings is 2. The maximum absolute atomic E-state index is 11.6. The lowest BCUT2D eigenvalue weighted by Crippen LogP contribution is -2.55. The van der Waals surface area contributed by atoms with Gasteiger partial charge < -0.3 is 9.52 Å². The molecule has 0 bridgehead atoms. The molecule has 31 heavy (non-hydrogen) atoms. The molecule has 162 valence electrons. The molecular weight excluding hydrogens is 388 g/mol. The molecule has 1 saturated heterocycles. The van der Waals surface area contributed by atoms with Gasteiger partial charge in [-0.15, -0.1) is 0 Å². The molecule has 0 radical (unpaired) electrons. The Hall–Kier alpha value is -2.73. The minimum atomic E-state index is -0.443. The van der Waals surface area contributed by atoms with Crippen molar-refractivity contribution < 1.29 is 14.3 Å². The number of aliphatic hydroxyl groups excluding tert-OH is 1. The first-order chi connectivity index (χ1) is 15.0. The number of hydrogen-bond acceptors (Lipinski definition) is 5. The average Bonchev–Trinajstić information content (AvgIpc) is 3.32. The fourth-order valence-corrected chi connectivity index (χ4v) is 4.54. The van der Waals surface area contributed by atoms with Crippen molar-refractivity contribution in [1.82, 2.24) is 9.80 Å². The second-order valence-electron chi connectivity index (χ2n) is 8.56. The van der Waals surface area contributed by atoms with E-state index in [1.807, 2.05) is 30.3 Å². The molecule has 0 unspecified atom stereocenters. The Morgan fingerprint density at radius 2 is 1.71 bits per heavy atom. The molecule has 1 fully saturated rings. The quantitative estimate of drug-likeness (QED) is 0.583. The number of nitrogens with zero attached hydrogens (tertiary/aromatic N) is 2. The summed E-state index contributed by atoms with van der Waals surface area (Å²) in [6, 6.07) is 19.2. The minimum Gasteiger partial charge on any atom is -0.472 e. The first-order valence-electron chi connectivity index (χ1n) is 10.9. The topological polar surface area (TPSA) is 56.9 Å². The second kappa shape index (κ2) is 9.60. The number of carbonyl (C=O) groups excluding carboxylic acids is 1. The lowest BCUT2D eigenvalue weighted by atomic mass is 10.0. The molecule has 2 aromatic carbocycles. The number of hydrogen-bond donors (Lipinski definition) is 1. The van der Waals surface area contributed by atoms with Crippen LogP contribution in [0.2, 0.25) is 0 Å². The highest BCUT2D eigenvalue weighted by atomic mass is 16.3. The molecule has 0 aliphatic carbocycles. The van der Waals surface area contributed by atoms with Crippen LogP contribution in [-0.2, 0) is 13.1 Å². The second-order valence-corrected chi connectivity index (χ2v) is 8.56. The maximum Gasteiger partial charge on any atom is 0.188 e. The molecule has 0 saturated carbocycles. The van der Waals surface area contributed by atoms with Gasteiger partial charge in [0.15, 0.2) is 5.78 Å². The van der Waals surface area contributed by atoms with Crippen LogP contribution in [0.4, 0.5) is 0 Å². The van der Waals surface area contributed by atoms with Gasteiger partial charge in [-0.3, -0.25) is 14.6 Å². The van der Waals surface area contributed by atoms with E-state index >= 15 is 0 Å². The Bertz CT molecular complexity index is 986. The zero-order valence-electron chi connectivity index (χ0n) is 18.2. The summed E-state index contributed by atoms with van der Waals surface area (Å²) < 4.78 is 5.23. The van der Waals surface area contributed by atoms with Gasteiger partial charge in [-0.2, -0.15) is 0 Å². The van der Waals surface area contributed by atoms with Crippen LogP contribution >= 0.6 is 0 Å². The van der Waals surface area contributed by atoms with E-state index in [0.717, 1.165) is 31.7 Å². The predicted molar refractivity (Wildman–Crippen MR) is 122 cm³/mol. The first-order valence-corrected chi connectivity index (χ1v) is 10.9. The standard InChI is InChI=1S/C26H30N2O3/c1-19-13-27(15-21-6-8-23(9-7-21)26(30)17-29)14-20(2)28(19)16-22-4-3-5-24(12-22)25-10-11-31-18-25/h3-12,18-20,29H,13-17H2,1-2H3/t19-,20+. The first kappa shape index (κ1) is 21.5. The number of carbonyl (C=O) groups is 1. The van der Waals surface area contributed by atoms with Gasteiger partial charge in [-0.1, -0.05) is 42.5 Å². The van der Waals surface area contributed by atoms with Gasteiger partial charge >= 0.3 is 0 Å². The third kappa shape index (κ3) is 5.13. The summed E-state index contributed by atoms with van der Waals surface area (Å²) in [5.74, 6) is -0.237. The van der Waals surface area contributed by atoms with E-state index in [9.17, 15) is 4.79 Å². The molecular formula is C26H30N2O3. The van der Waals surface area contributed by atoms with Gasteiger partial charge in [0.2, 0.25) is 0 Å². The van der Waals surface area contributed by atoms with Crippen molar-refractivity contribution in [1.29, 1.82) is 0 Å². The van der Waals surface area contributed by atoms with Crippen molar-refractivity contribution in [3.8, 4) is 11.1 Å². The van der Waals surface area contributed by atoms with Gasteiger partial charge in [0.05, 0.1) is 12.5 Å². The van der Waals surface area contributed by atoms with Gasteiger partial charge in [0.1, 0.15) is 6.61 Å². The third-order valence-electron chi connectivity index (χ3n) is 6.15. The molecule has 5 heteroatoms. The Balaban J connectivity index is 1.38. The van der Waals surface area contributed by atoms with E-state index in [2.05, 4.69) is 47.9 Å². The van der Waals surface area contributed by atoms with E-state index in [1.54, 1.807) is 12.5 Å². The average molecular weight is 419 g/mol. The number of ketones is 1. The molecule has 5 nitrogen and oxygen atoms in total. The Labute approximate surface area is 183 Å². The van der Waals surface area contributed by atoms with Gasteiger partial charge in [-0.05, 0) is 42.7 Å². The van der Waals surface area contributed by atoms with Crippen LogP contribution < -0.4 is 0 Å². The number of piperazine rings is 1. The molecule has 0 spiro atoms. The van der Waals surface area contributed by atoms with Crippen LogP contribution in [0, 0.1) is 0 Å². The molecule has 2 atom stereocenters. The van der Waals surface area contributed by atoms with Crippen LogP contribution in [0.25, 0.3) is 11.1 Å². The van der Waals surface area contributed by atoms with Crippen molar-refractivity contribution in [2.24, 2.45) is 0 Å². The van der Waals surface area contributed by atoms with E-state index in [1.165, 1.54) is 16.7 Å². The van der Waals surface area contributed by atoms with Crippen LogP contribution in [-0.4, -0.2) is 52.5 Å². The fraction of sp³-hybridized carbons (Fsp3) is 0.346. The van der Waals surface area contributed by atoms with Gasteiger partial charge in [0, 0.05) is 49.4 Å². The number of rotatable bonds is 7. The highest BCUT2D eigenvalue weighted by Crippen LogP contribution is 2.24. The van der Waals surface area contributed by atoms with Crippen molar-refractivity contribution in [3.05, 3.63) is 83.8 Å². The van der Waals surface area contributed by atoms with Crippen molar-refractivity contribution in [3.63, 3.8) is 0 Å². The van der Waals surface area contributed by atoms with E-state index in [4.69, 9.17) is 9.52 Å². The maximum atomic E-state index is 11.6. The van der Waals surface area contributed by atoms with Gasteiger partial charge in [0.25, 0.3) is 0 Å². The number of Topliss-reactive ketones (excluding diaryl/α,β-unsaturated/α-hetero) is 1. The summed E-state index contributed by atoms with van der Waals surface area (Å²) in [5, 5.41) is 9.00. The molecule has 3 aromatic rings. The van der Waals surface area contributed by atoms with Gasteiger partial charge in [-0.25, -0.2) is 0 Å². The largest absolute Gasteiger partial charge is 0.472 e. The number of aliphatic hydroxyl groups is 1. The summed E-state index contributed by atoms with van der Waals surface area (Å²) in [6.45, 7) is 7.95. The summed E-state index contributed by atoms with van der Waals surface area (Å²) >= 11 is 0. The molecule has 1 N–H and O–H groups in total. The summed E-state index contributed by atoms with van der Waals surface area (Å²) in [4.78, 5) is 16.7. The zero-order valence-corrected chi connectivity index (χ0v) is 18.2. The Morgan fingerprint density at radius 3 is 2.35 bits per heavy atom. The third-order valence-corrected chi connectivity index (χ3v) is 6.15. The summed E-state index contributed by atoms with van der Waals surface area (Å²) in [7, 11) is 0. The van der Waals surface area contributed by atoms with Crippen LogP contribution in [0.5, 0.6) is 0 Å². The lowest BCUT2D eigenvalue weighted by Gasteiger charge is -2.44. The van der Waals surface area contributed by atoms with E-state index in [0.29, 0.717) is 17.6 Å². The van der Waals surface area contributed by atoms with Crippen molar-refractivity contribution in [2.45, 2.75) is 39.0 Å².